The molecule has 0 atom stereocenters. The number of ether oxygens (including phenoxy) is 1. The van der Waals surface area contributed by atoms with E-state index in [2.05, 4.69) is 26.0 Å². The monoisotopic (exact) mass is 208 g/mol. The molecule has 0 radical (unpaired) electrons. The van der Waals surface area contributed by atoms with Crippen molar-refractivity contribution in [2.24, 2.45) is 0 Å². The van der Waals surface area contributed by atoms with E-state index in [0.717, 1.165) is 18.4 Å². The van der Waals surface area contributed by atoms with Gasteiger partial charge in [0.05, 0.1) is 12.2 Å². The molecule has 0 aromatic heterocycles. The predicted molar refractivity (Wildman–Crippen MR) is 61.8 cm³/mol. The SMILES string of the molecule is COC(C)(C)CCc1ccc(CO)cc1. The van der Waals surface area contributed by atoms with Gasteiger partial charge in [-0.1, -0.05) is 24.3 Å². The first-order valence-electron chi connectivity index (χ1n) is 5.31. The van der Waals surface area contributed by atoms with Crippen LogP contribution in [0.3, 0.4) is 0 Å². The summed E-state index contributed by atoms with van der Waals surface area (Å²) in [4.78, 5) is 0. The van der Waals surface area contributed by atoms with Gasteiger partial charge >= 0.3 is 0 Å². The molecule has 0 fully saturated rings. The number of aliphatic hydroxyl groups is 1. The van der Waals surface area contributed by atoms with Crippen molar-refractivity contribution in [3.8, 4) is 0 Å². The molecule has 0 bridgehead atoms. The summed E-state index contributed by atoms with van der Waals surface area (Å²) in [6.07, 6.45) is 2.01. The topological polar surface area (TPSA) is 29.5 Å². The van der Waals surface area contributed by atoms with Gasteiger partial charge in [0.25, 0.3) is 0 Å². The van der Waals surface area contributed by atoms with Crippen LogP contribution in [0.1, 0.15) is 31.4 Å². The van der Waals surface area contributed by atoms with E-state index in [4.69, 9.17) is 9.84 Å². The zero-order chi connectivity index (χ0) is 11.3. The average molecular weight is 208 g/mol. The molecule has 0 aliphatic rings. The van der Waals surface area contributed by atoms with Crippen molar-refractivity contribution in [3.63, 3.8) is 0 Å². The van der Waals surface area contributed by atoms with Crippen molar-refractivity contribution < 1.29 is 9.84 Å². The lowest BCUT2D eigenvalue weighted by molar-refractivity contribution is 0.0158. The summed E-state index contributed by atoms with van der Waals surface area (Å²) in [7, 11) is 1.74. The molecule has 2 nitrogen and oxygen atoms in total. The maximum atomic E-state index is 8.91. The van der Waals surface area contributed by atoms with Crippen molar-refractivity contribution in [3.05, 3.63) is 35.4 Å². The number of hydrogen-bond acceptors (Lipinski definition) is 2. The summed E-state index contributed by atoms with van der Waals surface area (Å²) in [5, 5.41) is 8.91. The Hall–Kier alpha value is -0.860. The van der Waals surface area contributed by atoms with Crippen molar-refractivity contribution >= 4 is 0 Å². The Kier molecular flexibility index (Phi) is 4.30. The molecule has 0 saturated heterocycles. The van der Waals surface area contributed by atoms with E-state index in [-0.39, 0.29) is 12.2 Å². The first-order chi connectivity index (χ1) is 7.07. The number of hydrogen-bond donors (Lipinski definition) is 1. The van der Waals surface area contributed by atoms with E-state index in [1.54, 1.807) is 7.11 Å². The number of methoxy groups -OCH3 is 1. The van der Waals surface area contributed by atoms with Crippen molar-refractivity contribution in [2.45, 2.75) is 38.9 Å². The fraction of sp³-hybridized carbons (Fsp3) is 0.538. The van der Waals surface area contributed by atoms with Crippen LogP contribution in [0, 0.1) is 0 Å². The summed E-state index contributed by atoms with van der Waals surface area (Å²) in [6.45, 7) is 4.30. The smallest absolute Gasteiger partial charge is 0.0681 e. The van der Waals surface area contributed by atoms with Crippen LogP contribution in [-0.4, -0.2) is 17.8 Å². The van der Waals surface area contributed by atoms with E-state index in [9.17, 15) is 0 Å². The van der Waals surface area contributed by atoms with Crippen LogP contribution in [0.15, 0.2) is 24.3 Å². The van der Waals surface area contributed by atoms with Gasteiger partial charge in [-0.2, -0.15) is 0 Å². The Morgan fingerprint density at radius 2 is 1.67 bits per heavy atom. The van der Waals surface area contributed by atoms with E-state index < -0.39 is 0 Å². The molecule has 0 spiro atoms. The molecule has 15 heavy (non-hydrogen) atoms. The predicted octanol–water partition coefficient (Wildman–Crippen LogP) is 2.54. The van der Waals surface area contributed by atoms with Gasteiger partial charge in [-0.15, -0.1) is 0 Å². The van der Waals surface area contributed by atoms with Gasteiger partial charge in [-0.3, -0.25) is 0 Å². The molecule has 0 amide bonds. The molecule has 1 aromatic carbocycles. The molecule has 0 aliphatic heterocycles. The zero-order valence-electron chi connectivity index (χ0n) is 9.79. The minimum atomic E-state index is -0.0599. The van der Waals surface area contributed by atoms with Crippen LogP contribution in [0.2, 0.25) is 0 Å². The summed E-state index contributed by atoms with van der Waals surface area (Å²) >= 11 is 0. The van der Waals surface area contributed by atoms with Gasteiger partial charge in [0.1, 0.15) is 0 Å². The quantitative estimate of drug-likeness (QED) is 0.805. The van der Waals surface area contributed by atoms with Gasteiger partial charge in [-0.25, -0.2) is 0 Å². The fourth-order valence-corrected chi connectivity index (χ4v) is 1.36. The first kappa shape index (κ1) is 12.2. The maximum absolute atomic E-state index is 8.91. The third-order valence-corrected chi connectivity index (χ3v) is 2.77. The number of aliphatic hydroxyl groups excluding tert-OH is 1. The van der Waals surface area contributed by atoms with Crippen LogP contribution in [0.25, 0.3) is 0 Å². The highest BCUT2D eigenvalue weighted by molar-refractivity contribution is 5.22. The molecule has 0 aliphatic carbocycles. The summed E-state index contributed by atoms with van der Waals surface area (Å²) in [6, 6.07) is 8.07. The number of aryl methyl sites for hydroxylation is 1. The van der Waals surface area contributed by atoms with E-state index in [1.807, 2.05) is 12.1 Å². The highest BCUT2D eigenvalue weighted by Crippen LogP contribution is 2.17. The van der Waals surface area contributed by atoms with E-state index in [0.29, 0.717) is 0 Å². The normalized spacial score (nSPS) is 11.7. The minimum absolute atomic E-state index is 0.0599. The fourth-order valence-electron chi connectivity index (χ4n) is 1.36. The van der Waals surface area contributed by atoms with Crippen LogP contribution in [0.5, 0.6) is 0 Å². The third-order valence-electron chi connectivity index (χ3n) is 2.77. The summed E-state index contributed by atoms with van der Waals surface area (Å²) in [5.74, 6) is 0. The molecule has 84 valence electrons. The molecular formula is C13H20O2. The largest absolute Gasteiger partial charge is 0.392 e. The van der Waals surface area contributed by atoms with Crippen LogP contribution in [0.4, 0.5) is 0 Å². The Labute approximate surface area is 91.9 Å². The highest BCUT2D eigenvalue weighted by Gasteiger charge is 2.15. The second-order valence-electron chi connectivity index (χ2n) is 4.44. The number of benzene rings is 1. The van der Waals surface area contributed by atoms with Gasteiger partial charge in [-0.05, 0) is 37.8 Å². The lowest BCUT2D eigenvalue weighted by atomic mass is 9.98. The van der Waals surface area contributed by atoms with Crippen molar-refractivity contribution in [1.82, 2.24) is 0 Å². The molecule has 1 rings (SSSR count). The maximum Gasteiger partial charge on any atom is 0.0681 e. The Balaban J connectivity index is 2.51. The van der Waals surface area contributed by atoms with Crippen LogP contribution >= 0.6 is 0 Å². The Morgan fingerprint density at radius 1 is 1.13 bits per heavy atom. The second-order valence-corrected chi connectivity index (χ2v) is 4.44. The highest BCUT2D eigenvalue weighted by atomic mass is 16.5. The molecule has 0 saturated carbocycles. The molecule has 1 aromatic rings. The summed E-state index contributed by atoms with van der Waals surface area (Å²) < 4.78 is 5.36. The van der Waals surface area contributed by atoms with Crippen molar-refractivity contribution in [2.75, 3.05) is 7.11 Å². The lowest BCUT2D eigenvalue weighted by Gasteiger charge is -2.22. The Morgan fingerprint density at radius 3 is 2.13 bits per heavy atom. The van der Waals surface area contributed by atoms with E-state index >= 15 is 0 Å². The summed E-state index contributed by atoms with van der Waals surface area (Å²) in [5.41, 5.74) is 2.19. The molecule has 1 N–H and O–H groups in total. The van der Waals surface area contributed by atoms with E-state index in [1.165, 1.54) is 5.56 Å². The Bertz CT molecular complexity index is 288. The van der Waals surface area contributed by atoms with Gasteiger partial charge < -0.3 is 9.84 Å². The standard InChI is InChI=1S/C13H20O2/c1-13(2,15-3)9-8-11-4-6-12(10-14)7-5-11/h4-7,14H,8-10H2,1-3H3. The minimum Gasteiger partial charge on any atom is -0.392 e. The average Bonchev–Trinajstić information content (AvgIpc) is 2.27. The van der Waals surface area contributed by atoms with Gasteiger partial charge in [0.2, 0.25) is 0 Å². The number of rotatable bonds is 5. The van der Waals surface area contributed by atoms with Gasteiger partial charge in [0, 0.05) is 7.11 Å². The molecular weight excluding hydrogens is 188 g/mol. The first-order valence-corrected chi connectivity index (χ1v) is 5.31. The lowest BCUT2D eigenvalue weighted by Crippen LogP contribution is -2.22. The van der Waals surface area contributed by atoms with Crippen molar-refractivity contribution in [1.29, 1.82) is 0 Å². The third kappa shape index (κ3) is 4.02. The second kappa shape index (κ2) is 5.29. The zero-order valence-corrected chi connectivity index (χ0v) is 9.79. The van der Waals surface area contributed by atoms with Crippen LogP contribution < -0.4 is 0 Å². The van der Waals surface area contributed by atoms with Gasteiger partial charge in [0.15, 0.2) is 0 Å². The molecule has 0 unspecified atom stereocenters. The van der Waals surface area contributed by atoms with Crippen LogP contribution in [-0.2, 0) is 17.8 Å². The molecule has 0 heterocycles. The molecule has 2 heteroatoms.